The van der Waals surface area contributed by atoms with Crippen molar-refractivity contribution in [3.05, 3.63) is 291 Å². The summed E-state index contributed by atoms with van der Waals surface area (Å²) < 4.78 is 4.34. The molecule has 404 valence electrons. The number of aromatic nitrogens is 2. The smallest absolute Gasteiger partial charge is 0.196 e. The van der Waals surface area contributed by atoms with E-state index in [9.17, 15) is 26.3 Å². The molecule has 2 aromatic heterocycles. The second-order valence-electron chi connectivity index (χ2n) is 21.1. The quantitative estimate of drug-likeness (QED) is 0.139. The third-order valence-corrected chi connectivity index (χ3v) is 16.3. The van der Waals surface area contributed by atoms with Gasteiger partial charge in [-0.05, 0) is 171 Å². The molecule has 0 amide bonds. The summed E-state index contributed by atoms with van der Waals surface area (Å²) in [7, 11) is 0. The number of aryl methyl sites for hydroxylation is 1. The van der Waals surface area contributed by atoms with Gasteiger partial charge in [-0.2, -0.15) is 26.3 Å². The van der Waals surface area contributed by atoms with E-state index in [2.05, 4.69) is 81.9 Å². The first-order valence-electron chi connectivity index (χ1n) is 27.6. The first-order valence-corrected chi connectivity index (χ1v) is 27.6. The molecule has 0 saturated heterocycles. The Morgan fingerprint density at radius 2 is 0.640 bits per heavy atom. The Morgan fingerprint density at radius 1 is 0.292 bits per heavy atom. The van der Waals surface area contributed by atoms with E-state index in [0.29, 0.717) is 84.2 Å². The molecule has 13 aromatic rings. The zero-order chi connectivity index (χ0) is 61.6. The number of rotatable bonds is 8. The highest BCUT2D eigenvalue weighted by Crippen LogP contribution is 2.47. The van der Waals surface area contributed by atoms with Crippen molar-refractivity contribution >= 4 is 72.0 Å². The van der Waals surface area contributed by atoms with Crippen molar-refractivity contribution in [3.63, 3.8) is 0 Å². The van der Waals surface area contributed by atoms with Gasteiger partial charge in [0.1, 0.15) is 0 Å². The predicted molar refractivity (Wildman–Crippen MR) is 347 cm³/mol. The van der Waals surface area contributed by atoms with Gasteiger partial charge in [0, 0.05) is 49.5 Å². The molecule has 0 aliphatic rings. The Labute approximate surface area is 510 Å². The summed E-state index contributed by atoms with van der Waals surface area (Å²) in [5.74, 6) is 0. The molecule has 89 heavy (non-hydrogen) atoms. The van der Waals surface area contributed by atoms with Gasteiger partial charge in [0.2, 0.25) is 0 Å². The largest absolute Gasteiger partial charge is 0.310 e. The molecule has 0 atom stereocenters. The van der Waals surface area contributed by atoms with Crippen molar-refractivity contribution in [2.45, 2.75) is 6.92 Å². The maximum Gasteiger partial charge on any atom is 0.196 e. The normalized spacial score (nSPS) is 10.6. The molecule has 2 heterocycles. The highest BCUT2D eigenvalue weighted by molar-refractivity contribution is 6.15. The van der Waals surface area contributed by atoms with Gasteiger partial charge < -0.3 is 9.13 Å². The minimum Gasteiger partial charge on any atom is -0.310 e. The summed E-state index contributed by atoms with van der Waals surface area (Å²) in [5, 5.41) is 53.6. The van der Waals surface area contributed by atoms with Gasteiger partial charge in [-0.1, -0.05) is 97.1 Å². The molecule has 0 aliphatic carbocycles. The van der Waals surface area contributed by atoms with Crippen LogP contribution in [0.4, 0.5) is 28.4 Å². The Balaban J connectivity index is 1.13. The van der Waals surface area contributed by atoms with Crippen LogP contribution in [-0.2, 0) is 0 Å². The van der Waals surface area contributed by atoms with E-state index in [1.165, 1.54) is 0 Å². The maximum atomic E-state index is 10.5. The van der Waals surface area contributed by atoms with Gasteiger partial charge in [-0.25, -0.2) is 24.2 Å². The van der Waals surface area contributed by atoms with Gasteiger partial charge in [0.05, 0.1) is 108 Å². The third kappa shape index (κ3) is 9.11. The third-order valence-electron chi connectivity index (χ3n) is 16.3. The van der Waals surface area contributed by atoms with Crippen LogP contribution < -0.4 is 0 Å². The lowest BCUT2D eigenvalue weighted by Gasteiger charge is -2.21. The molecule has 0 radical (unpaired) electrons. The molecule has 0 aliphatic heterocycles. The lowest BCUT2D eigenvalue weighted by Crippen LogP contribution is -2.02. The van der Waals surface area contributed by atoms with E-state index >= 15 is 0 Å². The summed E-state index contributed by atoms with van der Waals surface area (Å²) in [6.07, 6.45) is 0. The zero-order valence-corrected chi connectivity index (χ0v) is 46.9. The van der Waals surface area contributed by atoms with E-state index in [4.69, 9.17) is 32.9 Å². The maximum absolute atomic E-state index is 10.5. The van der Waals surface area contributed by atoms with Gasteiger partial charge in [0.15, 0.2) is 28.4 Å². The van der Waals surface area contributed by atoms with Crippen LogP contribution >= 0.6 is 0 Å². The van der Waals surface area contributed by atoms with E-state index < -0.39 is 0 Å². The average Bonchev–Trinajstić information content (AvgIpc) is 1.97. The molecule has 0 N–H and O–H groups in total. The summed E-state index contributed by atoms with van der Waals surface area (Å²) in [6, 6.07) is 72.9. The van der Waals surface area contributed by atoms with Crippen LogP contribution in [0.5, 0.6) is 0 Å². The van der Waals surface area contributed by atoms with Gasteiger partial charge in [-0.15, -0.1) is 0 Å². The predicted octanol–water partition coefficient (Wildman–Crippen LogP) is 20.3. The average molecular weight is 1130 g/mol. The Morgan fingerprint density at radius 3 is 1.11 bits per heavy atom. The lowest BCUT2D eigenvalue weighted by atomic mass is 9.93. The zero-order valence-electron chi connectivity index (χ0n) is 46.9. The van der Waals surface area contributed by atoms with Crippen molar-refractivity contribution in [1.29, 1.82) is 26.3 Å². The van der Waals surface area contributed by atoms with Crippen LogP contribution in [0, 0.1) is 96.4 Å². The second-order valence-corrected chi connectivity index (χ2v) is 21.1. The Hall–Kier alpha value is -14.1. The Bertz CT molecular complexity index is 5510. The molecule has 0 saturated carbocycles. The molecule has 0 bridgehead atoms. The molecule has 0 unspecified atom stereocenters. The molecule has 12 heteroatoms. The van der Waals surface area contributed by atoms with E-state index in [1.54, 1.807) is 84.9 Å². The lowest BCUT2D eigenvalue weighted by molar-refractivity contribution is 1.16. The number of hydrogen-bond acceptors (Lipinski definition) is 5. The molecule has 13 rings (SSSR count). The number of fused-ring (bicyclic) bond motifs is 6. The molecule has 11 aromatic carbocycles. The first kappa shape index (κ1) is 54.2. The van der Waals surface area contributed by atoms with Crippen LogP contribution in [0.25, 0.3) is 146 Å². The van der Waals surface area contributed by atoms with Crippen LogP contribution in [0.1, 0.15) is 33.4 Å². The van der Waals surface area contributed by atoms with E-state index in [-0.39, 0.29) is 0 Å². The standard InChI is InChI=1S/C77H36N12/c1-45-29-46(40-78)7-18-59(45)53-10-21-64(76(37-53)88-72-25-12-50(61-22-15-56(83-2)32-55(61)44-82)34-66(72)68-36-52(14-27-73(68)88)63-23-16-57(84-3)38-71(63)87-6)65-24-17-58(85-4)39-77(65)89-74-26-11-49(60-19-8-47(41-79)30-54(60)43-81)33-67(74)69-35-51(13-28-75(69)89)62-20-9-48(42-80)31-70(62)86-5/h7-39H,1H3. The van der Waals surface area contributed by atoms with Crippen LogP contribution in [0.3, 0.4) is 0 Å². The molecule has 12 nitrogen and oxygen atoms in total. The van der Waals surface area contributed by atoms with E-state index in [1.807, 2.05) is 104 Å². The monoisotopic (exact) mass is 1130 g/mol. The summed E-state index contributed by atoms with van der Waals surface area (Å²) in [4.78, 5) is 18.8. The van der Waals surface area contributed by atoms with Crippen LogP contribution in [0.2, 0.25) is 0 Å². The second kappa shape index (κ2) is 21.9. The fourth-order valence-electron chi connectivity index (χ4n) is 12.2. The fourth-order valence-corrected chi connectivity index (χ4v) is 12.2. The van der Waals surface area contributed by atoms with Crippen LogP contribution in [-0.4, -0.2) is 9.13 Å². The molecule has 0 spiro atoms. The van der Waals surface area contributed by atoms with Crippen molar-refractivity contribution in [1.82, 2.24) is 9.13 Å². The Kier molecular flexibility index (Phi) is 13.3. The highest BCUT2D eigenvalue weighted by atomic mass is 15.0. The first-order chi connectivity index (χ1) is 43.5. The summed E-state index contributed by atoms with van der Waals surface area (Å²) in [5.41, 5.74) is 17.7. The number of hydrogen-bond donors (Lipinski definition) is 0. The van der Waals surface area contributed by atoms with Gasteiger partial charge in [0.25, 0.3) is 0 Å². The topological polar surface area (TPSA) is 151 Å². The van der Waals surface area contributed by atoms with Crippen molar-refractivity contribution in [3.8, 4) is 108 Å². The van der Waals surface area contributed by atoms with Crippen LogP contribution in [0.15, 0.2) is 200 Å². The summed E-state index contributed by atoms with van der Waals surface area (Å²) >= 11 is 0. The molecular weight excluding hydrogens is 1090 g/mol. The summed E-state index contributed by atoms with van der Waals surface area (Å²) in [6.45, 7) is 42.1. The van der Waals surface area contributed by atoms with Gasteiger partial charge in [-0.3, -0.25) is 0 Å². The fraction of sp³-hybridized carbons (Fsp3) is 0.0130. The minimum absolute atomic E-state index is 0.311. The van der Waals surface area contributed by atoms with Crippen molar-refractivity contribution in [2.75, 3.05) is 0 Å². The van der Waals surface area contributed by atoms with Gasteiger partial charge >= 0.3 is 0 Å². The van der Waals surface area contributed by atoms with Crippen molar-refractivity contribution < 1.29 is 0 Å². The minimum atomic E-state index is 0.311. The van der Waals surface area contributed by atoms with E-state index in [0.717, 1.165) is 99.4 Å². The number of nitrogens with zero attached hydrogens (tertiary/aromatic N) is 12. The molecule has 0 fully saturated rings. The number of nitriles is 5. The number of benzene rings is 11. The van der Waals surface area contributed by atoms with Crippen molar-refractivity contribution in [2.24, 2.45) is 0 Å². The highest BCUT2D eigenvalue weighted by Gasteiger charge is 2.25. The SMILES string of the molecule is [C-]#[N+]c1ccc(-c2ccc3c(c2)c2cc(-c4ccc([N+]#[C-])cc4[N+]#[C-])ccc2n3-c2cc(-c3ccc(C#N)cc3C)ccc2-c2ccc([N+]#[C-])cc2-n2c3ccc(-c4ccc(C#N)cc4C#N)cc3c3cc(-c4ccc(C#N)cc4[N+]#[C-])ccc32)c(C#N)c1. The molecular formula is C77H36N12.